The predicted molar refractivity (Wildman–Crippen MR) is 161 cm³/mol. The summed E-state index contributed by atoms with van der Waals surface area (Å²) in [5.41, 5.74) is 9.49. The van der Waals surface area contributed by atoms with Crippen LogP contribution < -0.4 is 15.2 Å². The third-order valence-corrected chi connectivity index (χ3v) is 7.89. The summed E-state index contributed by atoms with van der Waals surface area (Å²) < 4.78 is 13.7. The van der Waals surface area contributed by atoms with Crippen molar-refractivity contribution in [3.8, 4) is 40.3 Å². The molecule has 1 saturated carbocycles. The fourth-order valence-electron chi connectivity index (χ4n) is 5.70. The Labute approximate surface area is 244 Å². The van der Waals surface area contributed by atoms with Crippen molar-refractivity contribution in [2.75, 3.05) is 46.6 Å². The number of hydrogen-bond acceptors (Lipinski definition) is 8. The minimum atomic E-state index is 0.0725. The molecule has 1 saturated heterocycles. The topological polar surface area (TPSA) is 112 Å². The van der Waals surface area contributed by atoms with Crippen LogP contribution in [0.3, 0.4) is 0 Å². The van der Waals surface area contributed by atoms with E-state index in [1.807, 2.05) is 71.9 Å². The Morgan fingerprint density at radius 2 is 1.98 bits per heavy atom. The maximum atomic E-state index is 12.6. The average Bonchev–Trinajstić information content (AvgIpc) is 3.29. The average molecular weight is 564 g/mol. The number of aryl methyl sites for hydroxylation is 1. The molecule has 0 spiro atoms. The van der Waals surface area contributed by atoms with Gasteiger partial charge in [-0.1, -0.05) is 18.1 Å². The summed E-state index contributed by atoms with van der Waals surface area (Å²) in [5.74, 6) is 10.1. The normalized spacial score (nSPS) is 19.2. The number of hydrogen-bond donors (Lipinski definition) is 1. The number of nitrogens with two attached hydrogens (primary N) is 1. The molecule has 2 aliphatic rings. The number of likely N-dealkylation sites (tertiary alicyclic amines) is 1. The number of rotatable bonds is 7. The number of carbonyl (C=O) groups excluding carboxylic acids is 1. The largest absolute Gasteiger partial charge is 0.496 e. The molecule has 0 bridgehead atoms. The van der Waals surface area contributed by atoms with Gasteiger partial charge in [0.25, 0.3) is 0 Å². The number of methoxy groups -OCH3 is 1. The molecule has 1 aliphatic carbocycles. The zero-order valence-electron chi connectivity index (χ0n) is 24.1. The lowest BCUT2D eigenvalue weighted by Gasteiger charge is -2.17. The number of carbonyl (C=O) groups is 1. The first kappa shape index (κ1) is 27.3. The molecular weight excluding hydrogens is 530 g/mol. The Balaban J connectivity index is 1.30. The van der Waals surface area contributed by atoms with E-state index in [4.69, 9.17) is 15.2 Å². The molecule has 10 nitrogen and oxygen atoms in total. The first-order valence-electron chi connectivity index (χ1n) is 13.8. The molecule has 10 heteroatoms. The molecule has 1 unspecified atom stereocenters. The minimum Gasteiger partial charge on any atom is -0.496 e. The van der Waals surface area contributed by atoms with Gasteiger partial charge in [0.2, 0.25) is 11.8 Å². The van der Waals surface area contributed by atoms with Gasteiger partial charge in [0, 0.05) is 68.1 Å². The van der Waals surface area contributed by atoms with Crippen LogP contribution >= 0.6 is 0 Å². The summed E-state index contributed by atoms with van der Waals surface area (Å²) in [6.07, 6.45) is 6.73. The van der Waals surface area contributed by atoms with Gasteiger partial charge >= 0.3 is 0 Å². The first-order valence-corrected chi connectivity index (χ1v) is 13.8. The molecule has 4 heterocycles. The van der Waals surface area contributed by atoms with E-state index in [1.54, 1.807) is 25.4 Å². The van der Waals surface area contributed by atoms with E-state index < -0.39 is 0 Å². The van der Waals surface area contributed by atoms with E-state index in [9.17, 15) is 4.79 Å². The lowest BCUT2D eigenvalue weighted by molar-refractivity contribution is -0.125. The molecule has 214 valence electrons. The zero-order valence-corrected chi connectivity index (χ0v) is 24.1. The van der Waals surface area contributed by atoms with Crippen molar-refractivity contribution >= 4 is 22.8 Å². The number of amides is 1. The van der Waals surface area contributed by atoms with E-state index in [1.165, 1.54) is 6.33 Å². The summed E-state index contributed by atoms with van der Waals surface area (Å²) in [4.78, 5) is 29.6. The lowest BCUT2D eigenvalue weighted by atomic mass is 10.0. The predicted octanol–water partition coefficient (Wildman–Crippen LogP) is 3.59. The maximum absolute atomic E-state index is 12.6. The van der Waals surface area contributed by atoms with Gasteiger partial charge in [-0.25, -0.2) is 15.0 Å². The Kier molecular flexibility index (Phi) is 7.27. The van der Waals surface area contributed by atoms with Crippen molar-refractivity contribution in [3.63, 3.8) is 0 Å². The van der Waals surface area contributed by atoms with Crippen LogP contribution in [-0.4, -0.2) is 76.1 Å². The Hall–Kier alpha value is -4.88. The summed E-state index contributed by atoms with van der Waals surface area (Å²) in [6, 6.07) is 11.1. The third-order valence-electron chi connectivity index (χ3n) is 7.89. The number of nitrogen functional groups attached to an aromatic ring is 1. The fourth-order valence-corrected chi connectivity index (χ4v) is 5.70. The van der Waals surface area contributed by atoms with Gasteiger partial charge in [0.05, 0.1) is 12.5 Å². The van der Waals surface area contributed by atoms with E-state index in [0.717, 1.165) is 41.8 Å². The number of aromatic nitrogens is 4. The number of ether oxygens (including phenoxy) is 2. The van der Waals surface area contributed by atoms with Crippen molar-refractivity contribution < 1.29 is 14.3 Å². The summed E-state index contributed by atoms with van der Waals surface area (Å²) >= 11 is 0. The van der Waals surface area contributed by atoms with Crippen LogP contribution in [0.25, 0.3) is 22.2 Å². The SMILES string of the molecule is COc1cc(Oc2ccccn2)ccc1-c1c(C#CC2[C@H]3CN(C(=O)/C=C/CN(C)C)C[C@@H]23)n(C)c2ncnc(N)c12. The van der Waals surface area contributed by atoms with Crippen molar-refractivity contribution in [3.05, 3.63) is 66.8 Å². The van der Waals surface area contributed by atoms with E-state index in [2.05, 4.69) is 26.8 Å². The van der Waals surface area contributed by atoms with Gasteiger partial charge in [-0.2, -0.15) is 0 Å². The maximum Gasteiger partial charge on any atom is 0.246 e. The van der Waals surface area contributed by atoms with E-state index >= 15 is 0 Å². The van der Waals surface area contributed by atoms with Crippen LogP contribution in [-0.2, 0) is 11.8 Å². The molecule has 3 atom stereocenters. The number of piperidine rings is 1. The molecular formula is C32H33N7O3. The van der Waals surface area contributed by atoms with Crippen molar-refractivity contribution in [2.24, 2.45) is 24.8 Å². The smallest absolute Gasteiger partial charge is 0.246 e. The van der Waals surface area contributed by atoms with Crippen molar-refractivity contribution in [1.29, 1.82) is 0 Å². The van der Waals surface area contributed by atoms with Crippen LogP contribution in [0.5, 0.6) is 17.4 Å². The molecule has 2 fully saturated rings. The van der Waals surface area contributed by atoms with Gasteiger partial charge < -0.3 is 29.6 Å². The summed E-state index contributed by atoms with van der Waals surface area (Å²) in [5, 5.41) is 0.721. The van der Waals surface area contributed by atoms with Gasteiger partial charge in [-0.3, -0.25) is 4.79 Å². The highest BCUT2D eigenvalue weighted by Crippen LogP contribution is 2.51. The van der Waals surface area contributed by atoms with Gasteiger partial charge in [0.1, 0.15) is 35.0 Å². The number of pyridine rings is 1. The van der Waals surface area contributed by atoms with Crippen LogP contribution in [0.1, 0.15) is 5.69 Å². The molecule has 6 rings (SSSR count). The van der Waals surface area contributed by atoms with Crippen LogP contribution in [0.15, 0.2) is 61.1 Å². The second-order valence-corrected chi connectivity index (χ2v) is 10.9. The quantitative estimate of drug-likeness (QED) is 0.268. The number of nitrogens with zero attached hydrogens (tertiary/aromatic N) is 6. The van der Waals surface area contributed by atoms with E-state index in [0.29, 0.717) is 40.7 Å². The molecule has 4 aromatic rings. The van der Waals surface area contributed by atoms with Gasteiger partial charge in [0.15, 0.2) is 0 Å². The highest BCUT2D eigenvalue weighted by atomic mass is 16.5. The van der Waals surface area contributed by atoms with Crippen molar-refractivity contribution in [2.45, 2.75) is 0 Å². The molecule has 1 amide bonds. The van der Waals surface area contributed by atoms with E-state index in [-0.39, 0.29) is 11.8 Å². The summed E-state index contributed by atoms with van der Waals surface area (Å²) in [7, 11) is 7.51. The lowest BCUT2D eigenvalue weighted by Crippen LogP contribution is -2.30. The van der Waals surface area contributed by atoms with Crippen molar-refractivity contribution in [1.82, 2.24) is 29.3 Å². The van der Waals surface area contributed by atoms with Crippen LogP contribution in [0.4, 0.5) is 5.82 Å². The second-order valence-electron chi connectivity index (χ2n) is 10.9. The molecule has 42 heavy (non-hydrogen) atoms. The third kappa shape index (κ3) is 5.15. The first-order chi connectivity index (χ1) is 20.4. The highest BCUT2D eigenvalue weighted by molar-refractivity contribution is 6.04. The Morgan fingerprint density at radius 3 is 2.69 bits per heavy atom. The number of anilines is 1. The molecule has 1 aliphatic heterocycles. The second kappa shape index (κ2) is 11.2. The standard InChI is InChI=1S/C32H33N7O3/c1-37(2)15-7-9-28(40)39-17-23-21(24(23)18-39)12-13-25-29(30-31(33)35-19-36-32(30)38(25)3)22-11-10-20(16-26(22)41-4)42-27-8-5-6-14-34-27/h5-11,14,16,19,21,23-24H,15,17-18H2,1-4H3,(H2,33,35,36)/b9-7+/t21?,23-,24+. The molecule has 2 N–H and O–H groups in total. The number of benzene rings is 1. The van der Waals surface area contributed by atoms with Gasteiger partial charge in [-0.05, 0) is 50.1 Å². The van der Waals surface area contributed by atoms with Crippen LogP contribution in [0, 0.1) is 29.6 Å². The summed E-state index contributed by atoms with van der Waals surface area (Å²) in [6.45, 7) is 2.22. The Bertz CT molecular complexity index is 1720. The minimum absolute atomic E-state index is 0.0725. The number of likely N-dealkylation sites (N-methyl/N-ethyl adjacent to an activating group) is 1. The fraction of sp³-hybridized carbons (Fsp3) is 0.312. The number of fused-ring (bicyclic) bond motifs is 2. The van der Waals surface area contributed by atoms with Crippen LogP contribution in [0.2, 0.25) is 0 Å². The monoisotopic (exact) mass is 563 g/mol. The Morgan fingerprint density at radius 1 is 1.17 bits per heavy atom. The van der Waals surface area contributed by atoms with Gasteiger partial charge in [-0.15, -0.1) is 0 Å². The highest BCUT2D eigenvalue weighted by Gasteiger charge is 2.55. The zero-order chi connectivity index (χ0) is 29.4. The molecule has 0 radical (unpaired) electrons. The molecule has 1 aromatic carbocycles. The molecule has 3 aromatic heterocycles.